The van der Waals surface area contributed by atoms with Crippen molar-refractivity contribution in [3.05, 3.63) is 59.7 Å². The molecule has 2 rings (SSSR count). The van der Waals surface area contributed by atoms with Crippen LogP contribution in [0.2, 0.25) is 0 Å². The summed E-state index contributed by atoms with van der Waals surface area (Å²) in [6.45, 7) is 6.73. The van der Waals surface area contributed by atoms with Gasteiger partial charge in [-0.2, -0.15) is 0 Å². The first-order valence-electron chi connectivity index (χ1n) is 9.39. The third kappa shape index (κ3) is 5.73. The number of hydrogen-bond acceptors (Lipinski definition) is 4. The summed E-state index contributed by atoms with van der Waals surface area (Å²) in [6.07, 6.45) is 0.306. The smallest absolute Gasteiger partial charge is 0.224 e. The molecule has 5 heteroatoms. The topological polar surface area (TPSA) is 50.8 Å². The lowest BCUT2D eigenvalue weighted by molar-refractivity contribution is -0.120. The summed E-state index contributed by atoms with van der Waals surface area (Å²) < 4.78 is 10.6. The second-order valence-corrected chi connectivity index (χ2v) is 6.32. The van der Waals surface area contributed by atoms with Crippen LogP contribution in [0.15, 0.2) is 48.5 Å². The van der Waals surface area contributed by atoms with Crippen LogP contribution in [-0.2, 0) is 11.2 Å². The summed E-state index contributed by atoms with van der Waals surface area (Å²) in [5.41, 5.74) is 2.11. The summed E-state index contributed by atoms with van der Waals surface area (Å²) in [4.78, 5) is 14.9. The fourth-order valence-corrected chi connectivity index (χ4v) is 3.25. The van der Waals surface area contributed by atoms with E-state index in [1.54, 1.807) is 14.2 Å². The van der Waals surface area contributed by atoms with Crippen molar-refractivity contribution in [2.75, 3.05) is 33.9 Å². The van der Waals surface area contributed by atoms with Gasteiger partial charge in [-0.3, -0.25) is 9.69 Å². The number of nitrogens with zero attached hydrogens (tertiary/aromatic N) is 1. The molecule has 0 saturated heterocycles. The maximum Gasteiger partial charge on any atom is 0.224 e. The molecule has 0 fully saturated rings. The Balaban J connectivity index is 2.03. The quantitative estimate of drug-likeness (QED) is 0.696. The number of nitrogens with one attached hydrogen (secondary N) is 1. The van der Waals surface area contributed by atoms with Crippen LogP contribution in [0, 0.1) is 0 Å². The monoisotopic (exact) mass is 370 g/mol. The van der Waals surface area contributed by atoms with Gasteiger partial charge in [0.15, 0.2) is 11.5 Å². The van der Waals surface area contributed by atoms with Gasteiger partial charge in [-0.1, -0.05) is 50.2 Å². The van der Waals surface area contributed by atoms with Crippen molar-refractivity contribution < 1.29 is 14.3 Å². The number of ether oxygens (including phenoxy) is 2. The highest BCUT2D eigenvalue weighted by Gasteiger charge is 2.18. The predicted molar refractivity (Wildman–Crippen MR) is 108 cm³/mol. The number of carbonyl (C=O) groups excluding carboxylic acids is 1. The van der Waals surface area contributed by atoms with E-state index in [-0.39, 0.29) is 11.9 Å². The van der Waals surface area contributed by atoms with Gasteiger partial charge in [0.05, 0.1) is 26.7 Å². The zero-order chi connectivity index (χ0) is 19.6. The van der Waals surface area contributed by atoms with E-state index in [1.807, 2.05) is 36.4 Å². The van der Waals surface area contributed by atoms with Crippen LogP contribution in [0.5, 0.6) is 11.5 Å². The molecular formula is C22H30N2O3. The lowest BCUT2D eigenvalue weighted by Crippen LogP contribution is -2.38. The number of hydrogen-bond donors (Lipinski definition) is 1. The van der Waals surface area contributed by atoms with Crippen molar-refractivity contribution >= 4 is 5.91 Å². The average molecular weight is 370 g/mol. The van der Waals surface area contributed by atoms with Gasteiger partial charge in [0, 0.05) is 6.54 Å². The van der Waals surface area contributed by atoms with Gasteiger partial charge in [0.1, 0.15) is 0 Å². The van der Waals surface area contributed by atoms with Crippen molar-refractivity contribution in [1.29, 1.82) is 0 Å². The number of rotatable bonds is 10. The van der Waals surface area contributed by atoms with E-state index >= 15 is 0 Å². The van der Waals surface area contributed by atoms with Gasteiger partial charge in [0.2, 0.25) is 5.91 Å². The van der Waals surface area contributed by atoms with Crippen molar-refractivity contribution in [1.82, 2.24) is 10.2 Å². The molecule has 0 heterocycles. The van der Waals surface area contributed by atoms with E-state index in [4.69, 9.17) is 9.47 Å². The minimum Gasteiger partial charge on any atom is -0.493 e. The molecule has 1 N–H and O–H groups in total. The first kappa shape index (κ1) is 20.8. The summed E-state index contributed by atoms with van der Waals surface area (Å²) >= 11 is 0. The van der Waals surface area contributed by atoms with Crippen LogP contribution in [0.25, 0.3) is 0 Å². The van der Waals surface area contributed by atoms with Crippen molar-refractivity contribution in [2.24, 2.45) is 0 Å². The zero-order valence-corrected chi connectivity index (χ0v) is 16.7. The standard InChI is InChI=1S/C22H30N2O3/c1-5-24(6-2)19(18-10-8-7-9-11-18)16-23-22(25)15-17-12-13-20(26-3)21(14-17)27-4/h7-14,19H,5-6,15-16H2,1-4H3,(H,23,25). The van der Waals surface area contributed by atoms with Crippen molar-refractivity contribution in [3.8, 4) is 11.5 Å². The molecule has 5 nitrogen and oxygen atoms in total. The Kier molecular flexibility index (Phi) is 8.14. The molecule has 1 unspecified atom stereocenters. The first-order chi connectivity index (χ1) is 13.1. The Morgan fingerprint density at radius 2 is 1.67 bits per heavy atom. The molecule has 0 aliphatic rings. The lowest BCUT2D eigenvalue weighted by atomic mass is 10.0. The van der Waals surface area contributed by atoms with Gasteiger partial charge in [-0.15, -0.1) is 0 Å². The normalized spacial score (nSPS) is 11.9. The molecule has 1 atom stereocenters. The SMILES string of the molecule is CCN(CC)C(CNC(=O)Cc1ccc(OC)c(OC)c1)c1ccccc1. The van der Waals surface area contributed by atoms with Crippen molar-refractivity contribution in [3.63, 3.8) is 0 Å². The molecule has 0 radical (unpaired) electrons. The first-order valence-corrected chi connectivity index (χ1v) is 9.39. The van der Waals surface area contributed by atoms with Crippen LogP contribution < -0.4 is 14.8 Å². The minimum atomic E-state index is -0.00435. The highest BCUT2D eigenvalue weighted by atomic mass is 16.5. The van der Waals surface area contributed by atoms with Gasteiger partial charge >= 0.3 is 0 Å². The molecule has 0 aliphatic carbocycles. The second-order valence-electron chi connectivity index (χ2n) is 6.32. The van der Waals surface area contributed by atoms with E-state index in [9.17, 15) is 4.79 Å². The van der Waals surface area contributed by atoms with Crippen molar-refractivity contribution in [2.45, 2.75) is 26.3 Å². The van der Waals surface area contributed by atoms with E-state index in [0.29, 0.717) is 24.5 Å². The molecule has 0 bridgehead atoms. The molecule has 2 aromatic carbocycles. The van der Waals surface area contributed by atoms with E-state index in [2.05, 4.69) is 36.2 Å². The van der Waals surface area contributed by atoms with E-state index in [0.717, 1.165) is 18.7 Å². The number of amides is 1. The molecule has 0 aromatic heterocycles. The Labute approximate surface area is 162 Å². The third-order valence-electron chi connectivity index (χ3n) is 4.74. The minimum absolute atomic E-state index is 0.00435. The molecule has 27 heavy (non-hydrogen) atoms. The Bertz CT molecular complexity index is 715. The maximum atomic E-state index is 12.5. The molecule has 146 valence electrons. The number of benzene rings is 2. The Morgan fingerprint density at radius 1 is 1.00 bits per heavy atom. The highest BCUT2D eigenvalue weighted by Crippen LogP contribution is 2.27. The summed E-state index contributed by atoms with van der Waals surface area (Å²) in [5, 5.41) is 3.09. The van der Waals surface area contributed by atoms with E-state index < -0.39 is 0 Å². The fourth-order valence-electron chi connectivity index (χ4n) is 3.25. The molecular weight excluding hydrogens is 340 g/mol. The number of methoxy groups -OCH3 is 2. The molecule has 1 amide bonds. The zero-order valence-electron chi connectivity index (χ0n) is 16.7. The summed E-state index contributed by atoms with van der Waals surface area (Å²) in [7, 11) is 3.19. The van der Waals surface area contributed by atoms with Crippen LogP contribution in [-0.4, -0.2) is 44.7 Å². The maximum absolute atomic E-state index is 12.5. The van der Waals surface area contributed by atoms with Gasteiger partial charge in [0.25, 0.3) is 0 Å². The van der Waals surface area contributed by atoms with Crippen LogP contribution in [0.1, 0.15) is 31.0 Å². The van der Waals surface area contributed by atoms with Crippen LogP contribution in [0.4, 0.5) is 0 Å². The summed E-state index contributed by atoms with van der Waals surface area (Å²) in [5.74, 6) is 1.29. The largest absolute Gasteiger partial charge is 0.493 e. The fraction of sp³-hybridized carbons (Fsp3) is 0.409. The number of carbonyl (C=O) groups is 1. The van der Waals surface area contributed by atoms with Gasteiger partial charge in [-0.05, 0) is 36.3 Å². The second kappa shape index (κ2) is 10.6. The Morgan fingerprint density at radius 3 is 2.26 bits per heavy atom. The molecule has 2 aromatic rings. The summed E-state index contributed by atoms with van der Waals surface area (Å²) in [6, 6.07) is 16.0. The third-order valence-corrected chi connectivity index (χ3v) is 4.74. The average Bonchev–Trinajstić information content (AvgIpc) is 2.71. The molecule has 0 saturated carbocycles. The van der Waals surface area contributed by atoms with E-state index in [1.165, 1.54) is 5.56 Å². The highest BCUT2D eigenvalue weighted by molar-refractivity contribution is 5.78. The van der Waals surface area contributed by atoms with Gasteiger partial charge in [-0.25, -0.2) is 0 Å². The molecule has 0 aliphatic heterocycles. The lowest BCUT2D eigenvalue weighted by Gasteiger charge is -2.30. The number of likely N-dealkylation sites (N-methyl/N-ethyl adjacent to an activating group) is 1. The Hall–Kier alpha value is -2.53. The van der Waals surface area contributed by atoms with Crippen LogP contribution >= 0.6 is 0 Å². The predicted octanol–water partition coefficient (Wildman–Crippen LogP) is 3.45. The van der Waals surface area contributed by atoms with Crippen LogP contribution in [0.3, 0.4) is 0 Å². The molecule has 0 spiro atoms. The van der Waals surface area contributed by atoms with Gasteiger partial charge < -0.3 is 14.8 Å².